The SMILES string of the molecule is CCOc1cc2c(cc1OC)C(c1cc(OC)nnc1OC)=N[C@@H]1C=C[C@H](O)C[C@H]21. The highest BCUT2D eigenvalue weighted by molar-refractivity contribution is 6.16. The summed E-state index contributed by atoms with van der Waals surface area (Å²) in [5.74, 6) is 2.02. The predicted molar refractivity (Wildman–Crippen MR) is 111 cm³/mol. The normalized spacial score (nSPS) is 21.9. The van der Waals surface area contributed by atoms with Crippen molar-refractivity contribution in [3.8, 4) is 23.3 Å². The Kier molecular flexibility index (Phi) is 5.59. The minimum atomic E-state index is -0.509. The zero-order valence-corrected chi connectivity index (χ0v) is 17.5. The molecule has 8 heteroatoms. The summed E-state index contributed by atoms with van der Waals surface area (Å²) in [6, 6.07) is 5.56. The third-order valence-corrected chi connectivity index (χ3v) is 5.40. The summed E-state index contributed by atoms with van der Waals surface area (Å²) in [4.78, 5) is 5.00. The minimum Gasteiger partial charge on any atom is -0.493 e. The number of aliphatic hydroxyl groups is 1. The Morgan fingerprint density at radius 2 is 1.80 bits per heavy atom. The molecule has 2 aromatic rings. The van der Waals surface area contributed by atoms with Crippen LogP contribution >= 0.6 is 0 Å². The van der Waals surface area contributed by atoms with Gasteiger partial charge in [-0.1, -0.05) is 12.2 Å². The van der Waals surface area contributed by atoms with Crippen LogP contribution in [-0.2, 0) is 0 Å². The van der Waals surface area contributed by atoms with Crippen LogP contribution in [0.1, 0.15) is 36.0 Å². The number of fused-ring (bicyclic) bond motifs is 3. The first-order valence-electron chi connectivity index (χ1n) is 9.84. The third kappa shape index (κ3) is 3.47. The van der Waals surface area contributed by atoms with Crippen LogP contribution in [0.2, 0.25) is 0 Å². The Morgan fingerprint density at radius 3 is 2.50 bits per heavy atom. The summed E-state index contributed by atoms with van der Waals surface area (Å²) >= 11 is 0. The highest BCUT2D eigenvalue weighted by atomic mass is 16.5. The molecule has 0 spiro atoms. The predicted octanol–water partition coefficient (Wildman–Crippen LogP) is 2.53. The number of hydrogen-bond acceptors (Lipinski definition) is 8. The summed E-state index contributed by atoms with van der Waals surface area (Å²) in [6.45, 7) is 2.45. The summed E-state index contributed by atoms with van der Waals surface area (Å²) in [5.41, 5.74) is 3.30. The van der Waals surface area contributed by atoms with Crippen molar-refractivity contribution in [2.75, 3.05) is 27.9 Å². The van der Waals surface area contributed by atoms with Gasteiger partial charge in [0.1, 0.15) is 0 Å². The van der Waals surface area contributed by atoms with Crippen LogP contribution in [0.3, 0.4) is 0 Å². The zero-order chi connectivity index (χ0) is 21.3. The van der Waals surface area contributed by atoms with Crippen molar-refractivity contribution in [3.05, 3.63) is 47.0 Å². The molecule has 8 nitrogen and oxygen atoms in total. The second kappa shape index (κ2) is 8.31. The van der Waals surface area contributed by atoms with Crippen LogP contribution in [0.15, 0.2) is 35.3 Å². The van der Waals surface area contributed by atoms with Crippen LogP contribution < -0.4 is 18.9 Å². The largest absolute Gasteiger partial charge is 0.493 e. The van der Waals surface area contributed by atoms with E-state index >= 15 is 0 Å². The minimum absolute atomic E-state index is 0.0246. The fourth-order valence-electron chi connectivity index (χ4n) is 4.03. The lowest BCUT2D eigenvalue weighted by molar-refractivity contribution is 0.190. The van der Waals surface area contributed by atoms with E-state index in [0.29, 0.717) is 47.6 Å². The number of aliphatic hydroxyl groups excluding tert-OH is 1. The second-order valence-corrected chi connectivity index (χ2v) is 7.10. The molecule has 0 amide bonds. The molecule has 2 aliphatic rings. The van der Waals surface area contributed by atoms with Gasteiger partial charge in [0.05, 0.1) is 51.4 Å². The molecule has 0 unspecified atom stereocenters. The van der Waals surface area contributed by atoms with Crippen LogP contribution in [-0.4, -0.2) is 61.1 Å². The number of rotatable bonds is 6. The van der Waals surface area contributed by atoms with Crippen molar-refractivity contribution in [2.45, 2.75) is 31.4 Å². The van der Waals surface area contributed by atoms with E-state index < -0.39 is 6.10 Å². The van der Waals surface area contributed by atoms with Gasteiger partial charge >= 0.3 is 0 Å². The van der Waals surface area contributed by atoms with E-state index in [1.807, 2.05) is 25.1 Å². The number of ether oxygens (including phenoxy) is 4. The van der Waals surface area contributed by atoms with Crippen molar-refractivity contribution in [1.82, 2.24) is 10.2 Å². The third-order valence-electron chi connectivity index (χ3n) is 5.40. The molecule has 0 saturated heterocycles. The van der Waals surface area contributed by atoms with E-state index in [1.165, 1.54) is 7.11 Å². The molecule has 2 heterocycles. The first kappa shape index (κ1) is 20.2. The van der Waals surface area contributed by atoms with Gasteiger partial charge in [0.2, 0.25) is 11.8 Å². The van der Waals surface area contributed by atoms with Crippen molar-refractivity contribution in [2.24, 2.45) is 4.99 Å². The van der Waals surface area contributed by atoms with Crippen molar-refractivity contribution in [1.29, 1.82) is 0 Å². The smallest absolute Gasteiger partial charge is 0.243 e. The van der Waals surface area contributed by atoms with Gasteiger partial charge in [-0.25, -0.2) is 0 Å². The Balaban J connectivity index is 1.96. The molecule has 1 aromatic heterocycles. The lowest BCUT2D eigenvalue weighted by Gasteiger charge is -2.34. The van der Waals surface area contributed by atoms with Crippen molar-refractivity contribution >= 4 is 5.71 Å². The van der Waals surface area contributed by atoms with E-state index in [2.05, 4.69) is 10.2 Å². The quantitative estimate of drug-likeness (QED) is 0.730. The lowest BCUT2D eigenvalue weighted by atomic mass is 9.77. The molecule has 0 saturated carbocycles. The number of hydrogen-bond donors (Lipinski definition) is 1. The first-order valence-corrected chi connectivity index (χ1v) is 9.84. The lowest BCUT2D eigenvalue weighted by Crippen LogP contribution is -2.31. The standard InChI is InChI=1S/C22H25N3O5/c1-5-30-19-9-13-14-8-12(26)6-7-17(14)23-21(15(13)10-18(19)27-2)16-11-20(28-3)24-25-22(16)29-4/h6-7,9-12,14,17,26H,5,8H2,1-4H3/t12-,14+,17+/m0/s1. The van der Waals surface area contributed by atoms with Gasteiger partial charge in [-0.15, -0.1) is 10.2 Å². The van der Waals surface area contributed by atoms with Gasteiger partial charge in [0, 0.05) is 17.5 Å². The molecule has 0 fully saturated rings. The number of methoxy groups -OCH3 is 3. The number of aromatic nitrogens is 2. The second-order valence-electron chi connectivity index (χ2n) is 7.10. The molecular formula is C22H25N3O5. The highest BCUT2D eigenvalue weighted by Crippen LogP contribution is 2.44. The molecule has 3 atom stereocenters. The molecular weight excluding hydrogens is 386 g/mol. The fraction of sp³-hybridized carbons (Fsp3) is 0.409. The zero-order valence-electron chi connectivity index (χ0n) is 17.5. The topological polar surface area (TPSA) is 95.3 Å². The van der Waals surface area contributed by atoms with Crippen LogP contribution in [0.4, 0.5) is 0 Å². The average Bonchev–Trinajstić information content (AvgIpc) is 2.78. The maximum absolute atomic E-state index is 10.2. The van der Waals surface area contributed by atoms with Crippen LogP contribution in [0.25, 0.3) is 0 Å². The summed E-state index contributed by atoms with van der Waals surface area (Å²) < 4.78 is 22.1. The van der Waals surface area contributed by atoms with E-state index in [0.717, 1.165) is 11.1 Å². The van der Waals surface area contributed by atoms with E-state index in [9.17, 15) is 5.11 Å². The Labute approximate surface area is 175 Å². The number of aliphatic imine (C=N–C) groups is 1. The molecule has 158 valence electrons. The first-order chi connectivity index (χ1) is 14.6. The molecule has 4 rings (SSSR count). The van der Waals surface area contributed by atoms with Gasteiger partial charge < -0.3 is 24.1 Å². The van der Waals surface area contributed by atoms with Crippen molar-refractivity contribution < 1.29 is 24.1 Å². The molecule has 30 heavy (non-hydrogen) atoms. The van der Waals surface area contributed by atoms with E-state index in [1.54, 1.807) is 26.4 Å². The van der Waals surface area contributed by atoms with Crippen LogP contribution in [0, 0.1) is 0 Å². The summed E-state index contributed by atoms with van der Waals surface area (Å²) in [7, 11) is 4.69. The maximum Gasteiger partial charge on any atom is 0.243 e. The van der Waals surface area contributed by atoms with E-state index in [4.69, 9.17) is 23.9 Å². The molecule has 0 radical (unpaired) electrons. The van der Waals surface area contributed by atoms with Crippen LogP contribution in [0.5, 0.6) is 23.3 Å². The molecule has 0 bridgehead atoms. The highest BCUT2D eigenvalue weighted by Gasteiger charge is 2.36. The molecule has 1 aliphatic carbocycles. The number of nitrogens with zero attached hydrogens (tertiary/aromatic N) is 3. The van der Waals surface area contributed by atoms with Gasteiger partial charge in [-0.3, -0.25) is 4.99 Å². The van der Waals surface area contributed by atoms with Gasteiger partial charge in [-0.05, 0) is 31.0 Å². The molecule has 1 aromatic carbocycles. The summed E-state index contributed by atoms with van der Waals surface area (Å²) in [6.07, 6.45) is 3.82. The fourth-order valence-corrected chi connectivity index (χ4v) is 4.03. The summed E-state index contributed by atoms with van der Waals surface area (Å²) in [5, 5.41) is 18.4. The molecule has 1 N–H and O–H groups in total. The number of benzene rings is 1. The average molecular weight is 411 g/mol. The monoisotopic (exact) mass is 411 g/mol. The van der Waals surface area contributed by atoms with Gasteiger partial charge in [0.25, 0.3) is 0 Å². The van der Waals surface area contributed by atoms with E-state index in [-0.39, 0.29) is 12.0 Å². The Hall–Kier alpha value is -3.13. The maximum atomic E-state index is 10.2. The Morgan fingerprint density at radius 1 is 0.967 bits per heavy atom. The van der Waals surface area contributed by atoms with Crippen molar-refractivity contribution in [3.63, 3.8) is 0 Å². The molecule has 1 aliphatic heterocycles. The van der Waals surface area contributed by atoms with Gasteiger partial charge in [-0.2, -0.15) is 0 Å². The van der Waals surface area contributed by atoms with Gasteiger partial charge in [0.15, 0.2) is 11.5 Å². The Bertz CT molecular complexity index is 1000.